The molecule has 1 aromatic rings. The summed E-state index contributed by atoms with van der Waals surface area (Å²) in [5, 5.41) is 4.21. The molecule has 2 heterocycles. The first-order valence-corrected chi connectivity index (χ1v) is 8.19. The zero-order valence-corrected chi connectivity index (χ0v) is 12.3. The Morgan fingerprint density at radius 1 is 0.950 bits per heavy atom. The van der Waals surface area contributed by atoms with Gasteiger partial charge in [0.05, 0.1) is 5.92 Å². The Morgan fingerprint density at radius 2 is 1.65 bits per heavy atom. The minimum absolute atomic E-state index is 0.176. The number of rotatable bonds is 2. The molecule has 2 aliphatic rings. The summed E-state index contributed by atoms with van der Waals surface area (Å²) in [7, 11) is 0. The van der Waals surface area contributed by atoms with Gasteiger partial charge in [-0.05, 0) is 30.8 Å². The van der Waals surface area contributed by atoms with Crippen molar-refractivity contribution in [3.63, 3.8) is 0 Å². The Kier molecular flexibility index (Phi) is 4.55. The third-order valence-electron chi connectivity index (χ3n) is 4.71. The molecule has 1 saturated heterocycles. The summed E-state index contributed by atoms with van der Waals surface area (Å²) in [5.41, 5.74) is 6.28. The summed E-state index contributed by atoms with van der Waals surface area (Å²) in [4.78, 5) is 6.93. The summed E-state index contributed by atoms with van der Waals surface area (Å²) < 4.78 is 5.54. The van der Waals surface area contributed by atoms with Gasteiger partial charge in [0.2, 0.25) is 5.89 Å². The van der Waals surface area contributed by atoms with Crippen molar-refractivity contribution >= 4 is 5.95 Å². The zero-order chi connectivity index (χ0) is 13.8. The van der Waals surface area contributed by atoms with E-state index in [9.17, 15) is 0 Å². The minimum Gasteiger partial charge on any atom is -0.338 e. The van der Waals surface area contributed by atoms with E-state index in [1.165, 1.54) is 44.9 Å². The molecular formula is C15H26N4O. The number of nitrogens with two attached hydrogens (primary N) is 1. The van der Waals surface area contributed by atoms with Crippen LogP contribution >= 0.6 is 0 Å². The van der Waals surface area contributed by atoms with E-state index in [1.807, 2.05) is 0 Å². The Labute approximate surface area is 120 Å². The van der Waals surface area contributed by atoms with Crippen LogP contribution in [-0.2, 0) is 0 Å². The third-order valence-corrected chi connectivity index (χ3v) is 4.71. The van der Waals surface area contributed by atoms with Crippen LogP contribution in [0.5, 0.6) is 0 Å². The lowest BCUT2D eigenvalue weighted by Crippen LogP contribution is -2.28. The lowest BCUT2D eigenvalue weighted by molar-refractivity contribution is 0.325. The Hall–Kier alpha value is -1.10. The highest BCUT2D eigenvalue weighted by Crippen LogP contribution is 2.31. The Morgan fingerprint density at radius 3 is 2.45 bits per heavy atom. The number of hydrogen-bond donors (Lipinski definition) is 1. The normalized spacial score (nSPS) is 28.9. The van der Waals surface area contributed by atoms with Gasteiger partial charge in [0.25, 0.3) is 5.95 Å². The zero-order valence-electron chi connectivity index (χ0n) is 12.3. The van der Waals surface area contributed by atoms with Gasteiger partial charge in [0, 0.05) is 19.1 Å². The molecule has 3 rings (SSSR count). The second kappa shape index (κ2) is 6.57. The van der Waals surface area contributed by atoms with Gasteiger partial charge in [0.1, 0.15) is 0 Å². The average Bonchev–Trinajstić information content (AvgIpc) is 2.66. The van der Waals surface area contributed by atoms with Crippen LogP contribution in [0.1, 0.15) is 69.6 Å². The first-order valence-electron chi connectivity index (χ1n) is 8.19. The van der Waals surface area contributed by atoms with Crippen molar-refractivity contribution in [2.45, 2.75) is 69.7 Å². The smallest absolute Gasteiger partial charge is 0.266 e. The molecule has 1 saturated carbocycles. The van der Waals surface area contributed by atoms with Crippen molar-refractivity contribution in [3.8, 4) is 0 Å². The van der Waals surface area contributed by atoms with Crippen molar-refractivity contribution in [2.75, 3.05) is 18.0 Å². The third kappa shape index (κ3) is 3.14. The summed E-state index contributed by atoms with van der Waals surface area (Å²) >= 11 is 0. The van der Waals surface area contributed by atoms with Crippen LogP contribution < -0.4 is 10.6 Å². The summed E-state index contributed by atoms with van der Waals surface area (Å²) in [5.74, 6) is 1.79. The van der Waals surface area contributed by atoms with Crippen molar-refractivity contribution < 1.29 is 4.52 Å². The number of aromatic nitrogens is 2. The molecular weight excluding hydrogens is 252 g/mol. The molecule has 112 valence electrons. The maximum Gasteiger partial charge on any atom is 0.266 e. The van der Waals surface area contributed by atoms with E-state index in [-0.39, 0.29) is 12.0 Å². The van der Waals surface area contributed by atoms with E-state index in [4.69, 9.17) is 10.3 Å². The molecule has 1 aromatic heterocycles. The molecule has 0 amide bonds. The van der Waals surface area contributed by atoms with E-state index >= 15 is 0 Å². The predicted molar refractivity (Wildman–Crippen MR) is 78.8 cm³/mol. The fourth-order valence-corrected chi connectivity index (χ4v) is 3.42. The highest BCUT2D eigenvalue weighted by atomic mass is 16.5. The molecule has 0 spiro atoms. The number of anilines is 1. The molecule has 2 unspecified atom stereocenters. The molecule has 5 heteroatoms. The number of hydrogen-bond acceptors (Lipinski definition) is 5. The van der Waals surface area contributed by atoms with E-state index in [1.54, 1.807) is 0 Å². The molecule has 2 fully saturated rings. The van der Waals surface area contributed by atoms with Gasteiger partial charge in [-0.1, -0.05) is 32.1 Å². The average molecular weight is 278 g/mol. The topological polar surface area (TPSA) is 68.2 Å². The summed E-state index contributed by atoms with van der Waals surface area (Å²) in [6, 6.07) is 0.176. The van der Waals surface area contributed by atoms with Gasteiger partial charge in [-0.2, -0.15) is 4.98 Å². The maximum absolute atomic E-state index is 6.28. The van der Waals surface area contributed by atoms with Crippen LogP contribution in [0.2, 0.25) is 0 Å². The largest absolute Gasteiger partial charge is 0.338 e. The van der Waals surface area contributed by atoms with Crippen LogP contribution in [-0.4, -0.2) is 29.3 Å². The van der Waals surface area contributed by atoms with Crippen LogP contribution in [0.3, 0.4) is 0 Å². The second-order valence-electron chi connectivity index (χ2n) is 6.24. The van der Waals surface area contributed by atoms with Crippen LogP contribution in [0.4, 0.5) is 5.95 Å². The quantitative estimate of drug-likeness (QED) is 0.842. The van der Waals surface area contributed by atoms with E-state index in [2.05, 4.69) is 15.0 Å². The molecule has 0 radical (unpaired) electrons. The maximum atomic E-state index is 6.28. The van der Waals surface area contributed by atoms with Crippen molar-refractivity contribution in [1.29, 1.82) is 0 Å². The minimum atomic E-state index is 0.176. The van der Waals surface area contributed by atoms with Gasteiger partial charge in [-0.3, -0.25) is 0 Å². The molecule has 20 heavy (non-hydrogen) atoms. The van der Waals surface area contributed by atoms with Crippen molar-refractivity contribution in [1.82, 2.24) is 10.1 Å². The lowest BCUT2D eigenvalue weighted by Gasteiger charge is -2.18. The molecule has 2 atom stereocenters. The van der Waals surface area contributed by atoms with Crippen molar-refractivity contribution in [3.05, 3.63) is 5.89 Å². The molecule has 0 bridgehead atoms. The Bertz CT molecular complexity index is 412. The standard InChI is InChI=1S/C15H26N4O/c16-13-9-5-3-4-8-12(13)14-17-15(18-20-14)19-10-6-1-2-7-11-19/h12-13H,1-11,16H2. The fraction of sp³-hybridized carbons (Fsp3) is 0.867. The highest BCUT2D eigenvalue weighted by Gasteiger charge is 2.28. The van der Waals surface area contributed by atoms with Gasteiger partial charge >= 0.3 is 0 Å². The first kappa shape index (κ1) is 13.9. The second-order valence-corrected chi connectivity index (χ2v) is 6.24. The van der Waals surface area contributed by atoms with Gasteiger partial charge in [-0.25, -0.2) is 0 Å². The molecule has 0 aromatic carbocycles. The van der Waals surface area contributed by atoms with E-state index in [0.29, 0.717) is 0 Å². The fourth-order valence-electron chi connectivity index (χ4n) is 3.42. The lowest BCUT2D eigenvalue weighted by atomic mass is 9.95. The first-order chi connectivity index (χ1) is 9.84. The van der Waals surface area contributed by atoms with E-state index in [0.717, 1.165) is 37.8 Å². The molecule has 1 aliphatic heterocycles. The molecule has 2 N–H and O–H groups in total. The van der Waals surface area contributed by atoms with Gasteiger partial charge < -0.3 is 15.2 Å². The van der Waals surface area contributed by atoms with Crippen LogP contribution in [0.25, 0.3) is 0 Å². The van der Waals surface area contributed by atoms with Gasteiger partial charge in [-0.15, -0.1) is 0 Å². The number of nitrogens with zero attached hydrogens (tertiary/aromatic N) is 3. The summed E-state index contributed by atoms with van der Waals surface area (Å²) in [6.45, 7) is 2.10. The molecule has 1 aliphatic carbocycles. The predicted octanol–water partition coefficient (Wildman–Crippen LogP) is 2.83. The molecule has 5 nitrogen and oxygen atoms in total. The monoisotopic (exact) mass is 278 g/mol. The highest BCUT2D eigenvalue weighted by molar-refractivity contribution is 5.28. The Balaban J connectivity index is 1.71. The SMILES string of the molecule is NC1CCCCCC1c1nc(N2CCCCCC2)no1. The van der Waals surface area contributed by atoms with Crippen molar-refractivity contribution in [2.24, 2.45) is 5.73 Å². The summed E-state index contributed by atoms with van der Waals surface area (Å²) in [6.07, 6.45) is 11.0. The van der Waals surface area contributed by atoms with Gasteiger partial charge in [0.15, 0.2) is 0 Å². The van der Waals surface area contributed by atoms with Crippen LogP contribution in [0, 0.1) is 0 Å². The van der Waals surface area contributed by atoms with Crippen LogP contribution in [0.15, 0.2) is 4.52 Å². The van der Waals surface area contributed by atoms with E-state index < -0.39 is 0 Å².